The van der Waals surface area contributed by atoms with Crippen LogP contribution in [0.5, 0.6) is 0 Å². The molecule has 0 N–H and O–H groups in total. The Morgan fingerprint density at radius 1 is 1.07 bits per heavy atom. The summed E-state index contributed by atoms with van der Waals surface area (Å²) in [5.41, 5.74) is 1.51. The molecule has 1 heterocycles. The summed E-state index contributed by atoms with van der Waals surface area (Å²) in [5, 5.41) is 0. The minimum Gasteiger partial charge on any atom is -0.379 e. The first kappa shape index (κ1) is 9.37. The maximum Gasteiger partial charge on any atom is 0.0594 e. The lowest BCUT2D eigenvalue weighted by atomic mass is 10.1. The second kappa shape index (κ2) is 3.95. The fourth-order valence-electron chi connectivity index (χ4n) is 2.55. The van der Waals surface area contributed by atoms with Crippen molar-refractivity contribution in [1.82, 2.24) is 4.90 Å². The lowest BCUT2D eigenvalue weighted by Crippen LogP contribution is -2.38. The summed E-state index contributed by atoms with van der Waals surface area (Å²) < 4.78 is 5.38. The zero-order valence-corrected chi connectivity index (χ0v) is 8.93. The first-order valence-electron chi connectivity index (χ1n) is 5.82. The molecule has 1 aromatic rings. The highest BCUT2D eigenvalue weighted by atomic mass is 16.5. The van der Waals surface area contributed by atoms with E-state index < -0.39 is 0 Å². The van der Waals surface area contributed by atoms with Crippen LogP contribution in [0.4, 0.5) is 0 Å². The summed E-state index contributed by atoms with van der Waals surface area (Å²) in [7, 11) is 0. The lowest BCUT2D eigenvalue weighted by molar-refractivity contribution is 0.0331. The van der Waals surface area contributed by atoms with Gasteiger partial charge in [0.2, 0.25) is 0 Å². The Morgan fingerprint density at radius 2 is 1.80 bits per heavy atom. The van der Waals surface area contributed by atoms with E-state index in [2.05, 4.69) is 35.2 Å². The number of morpholine rings is 1. The number of nitrogens with zero attached hydrogens (tertiary/aromatic N) is 1. The van der Waals surface area contributed by atoms with Gasteiger partial charge in [0.1, 0.15) is 0 Å². The Bertz CT molecular complexity index is 319. The SMILES string of the molecule is c1ccc([C@H]2C[C@@H]2N2CCOCC2)cc1. The van der Waals surface area contributed by atoms with Crippen LogP contribution in [0.15, 0.2) is 30.3 Å². The Balaban J connectivity index is 1.64. The average Bonchev–Trinajstić information content (AvgIpc) is 3.11. The molecule has 0 radical (unpaired) electrons. The van der Waals surface area contributed by atoms with Crippen LogP contribution >= 0.6 is 0 Å². The van der Waals surface area contributed by atoms with Gasteiger partial charge < -0.3 is 4.74 Å². The Labute approximate surface area is 90.8 Å². The number of ether oxygens (including phenoxy) is 1. The van der Waals surface area contributed by atoms with Gasteiger partial charge in [-0.15, -0.1) is 0 Å². The van der Waals surface area contributed by atoms with E-state index in [0.717, 1.165) is 38.3 Å². The molecule has 1 aliphatic carbocycles. The first-order valence-corrected chi connectivity index (χ1v) is 5.82. The van der Waals surface area contributed by atoms with Crippen molar-refractivity contribution in [2.75, 3.05) is 26.3 Å². The topological polar surface area (TPSA) is 12.5 Å². The second-order valence-electron chi connectivity index (χ2n) is 4.47. The normalized spacial score (nSPS) is 31.5. The largest absolute Gasteiger partial charge is 0.379 e. The molecule has 2 nitrogen and oxygen atoms in total. The van der Waals surface area contributed by atoms with Crippen molar-refractivity contribution in [3.05, 3.63) is 35.9 Å². The van der Waals surface area contributed by atoms with Gasteiger partial charge in [-0.05, 0) is 12.0 Å². The van der Waals surface area contributed by atoms with Crippen LogP contribution in [0, 0.1) is 0 Å². The third kappa shape index (κ3) is 1.92. The molecule has 0 bridgehead atoms. The number of rotatable bonds is 2. The quantitative estimate of drug-likeness (QED) is 0.727. The predicted octanol–water partition coefficient (Wildman–Crippen LogP) is 1.87. The van der Waals surface area contributed by atoms with Gasteiger partial charge in [0.05, 0.1) is 13.2 Å². The van der Waals surface area contributed by atoms with E-state index in [9.17, 15) is 0 Å². The number of benzene rings is 1. The van der Waals surface area contributed by atoms with Crippen LogP contribution in [0.25, 0.3) is 0 Å². The number of hydrogen-bond donors (Lipinski definition) is 0. The summed E-state index contributed by atoms with van der Waals surface area (Å²) in [6, 6.07) is 11.7. The standard InChI is InChI=1S/C13H17NO/c1-2-4-11(5-3-1)12-10-13(12)14-6-8-15-9-7-14/h1-5,12-13H,6-10H2/t12-,13+/m1/s1. The molecule has 0 amide bonds. The summed E-state index contributed by atoms with van der Waals surface area (Å²) in [6.07, 6.45) is 1.34. The van der Waals surface area contributed by atoms with Crippen molar-refractivity contribution in [2.24, 2.45) is 0 Å². The minimum atomic E-state index is 0.782. The Hall–Kier alpha value is -0.860. The summed E-state index contributed by atoms with van der Waals surface area (Å²) >= 11 is 0. The molecule has 1 aromatic carbocycles. The fourth-order valence-corrected chi connectivity index (χ4v) is 2.55. The summed E-state index contributed by atoms with van der Waals surface area (Å²) in [5.74, 6) is 0.782. The molecule has 2 aliphatic rings. The fraction of sp³-hybridized carbons (Fsp3) is 0.538. The molecular formula is C13H17NO. The van der Waals surface area contributed by atoms with Crippen LogP contribution in [0.2, 0.25) is 0 Å². The lowest BCUT2D eigenvalue weighted by Gasteiger charge is -2.27. The molecule has 0 spiro atoms. The van der Waals surface area contributed by atoms with Crippen molar-refractivity contribution in [3.8, 4) is 0 Å². The molecule has 1 saturated heterocycles. The van der Waals surface area contributed by atoms with Gasteiger partial charge in [-0.1, -0.05) is 30.3 Å². The smallest absolute Gasteiger partial charge is 0.0594 e. The van der Waals surface area contributed by atoms with Crippen LogP contribution in [-0.2, 0) is 4.74 Å². The highest BCUT2D eigenvalue weighted by molar-refractivity contribution is 5.27. The average molecular weight is 203 g/mol. The molecule has 2 atom stereocenters. The van der Waals surface area contributed by atoms with E-state index in [1.807, 2.05) is 0 Å². The molecule has 15 heavy (non-hydrogen) atoms. The maximum atomic E-state index is 5.38. The van der Waals surface area contributed by atoms with E-state index in [4.69, 9.17) is 4.74 Å². The second-order valence-corrected chi connectivity index (χ2v) is 4.47. The zero-order valence-electron chi connectivity index (χ0n) is 8.93. The van der Waals surface area contributed by atoms with Crippen molar-refractivity contribution in [1.29, 1.82) is 0 Å². The van der Waals surface area contributed by atoms with E-state index in [0.29, 0.717) is 0 Å². The van der Waals surface area contributed by atoms with Gasteiger partial charge in [-0.25, -0.2) is 0 Å². The molecule has 0 unspecified atom stereocenters. The van der Waals surface area contributed by atoms with E-state index in [1.165, 1.54) is 12.0 Å². The van der Waals surface area contributed by atoms with Gasteiger partial charge in [0, 0.05) is 25.0 Å². The van der Waals surface area contributed by atoms with Crippen molar-refractivity contribution in [3.63, 3.8) is 0 Å². The van der Waals surface area contributed by atoms with E-state index in [1.54, 1.807) is 0 Å². The van der Waals surface area contributed by atoms with Crippen molar-refractivity contribution >= 4 is 0 Å². The van der Waals surface area contributed by atoms with E-state index in [-0.39, 0.29) is 0 Å². The van der Waals surface area contributed by atoms with Crippen LogP contribution in [-0.4, -0.2) is 37.2 Å². The number of hydrogen-bond acceptors (Lipinski definition) is 2. The summed E-state index contributed by atoms with van der Waals surface area (Å²) in [6.45, 7) is 4.07. The Morgan fingerprint density at radius 3 is 2.53 bits per heavy atom. The van der Waals surface area contributed by atoms with Gasteiger partial charge in [-0.3, -0.25) is 4.90 Å². The molecule has 80 valence electrons. The van der Waals surface area contributed by atoms with Crippen LogP contribution in [0.3, 0.4) is 0 Å². The van der Waals surface area contributed by atoms with Crippen molar-refractivity contribution < 1.29 is 4.74 Å². The molecular weight excluding hydrogens is 186 g/mol. The predicted molar refractivity (Wildman–Crippen MR) is 60.0 cm³/mol. The Kier molecular flexibility index (Phi) is 2.47. The van der Waals surface area contributed by atoms with Crippen LogP contribution < -0.4 is 0 Å². The first-order chi connectivity index (χ1) is 7.45. The molecule has 0 aromatic heterocycles. The van der Waals surface area contributed by atoms with Gasteiger partial charge in [0.25, 0.3) is 0 Å². The highest BCUT2D eigenvalue weighted by Crippen LogP contribution is 2.44. The van der Waals surface area contributed by atoms with Gasteiger partial charge in [-0.2, -0.15) is 0 Å². The molecule has 2 fully saturated rings. The van der Waals surface area contributed by atoms with Gasteiger partial charge in [0.15, 0.2) is 0 Å². The minimum absolute atomic E-state index is 0.782. The molecule has 2 heteroatoms. The maximum absolute atomic E-state index is 5.38. The molecule has 1 aliphatic heterocycles. The third-order valence-electron chi connectivity index (χ3n) is 3.50. The molecule has 1 saturated carbocycles. The summed E-state index contributed by atoms with van der Waals surface area (Å²) in [4.78, 5) is 2.58. The zero-order chi connectivity index (χ0) is 10.1. The third-order valence-corrected chi connectivity index (χ3v) is 3.50. The van der Waals surface area contributed by atoms with E-state index >= 15 is 0 Å². The van der Waals surface area contributed by atoms with Crippen LogP contribution in [0.1, 0.15) is 17.9 Å². The highest BCUT2D eigenvalue weighted by Gasteiger charge is 2.42. The van der Waals surface area contributed by atoms with Crippen molar-refractivity contribution in [2.45, 2.75) is 18.4 Å². The molecule has 3 rings (SSSR count). The van der Waals surface area contributed by atoms with Gasteiger partial charge >= 0.3 is 0 Å². The monoisotopic (exact) mass is 203 g/mol.